The van der Waals surface area contributed by atoms with Crippen molar-refractivity contribution < 1.29 is 24.2 Å². The average Bonchev–Trinajstić information content (AvgIpc) is 3.58. The Bertz CT molecular complexity index is 1530. The molecule has 0 spiro atoms. The minimum absolute atomic E-state index is 0.302. The Morgan fingerprint density at radius 1 is 0.725 bits per heavy atom. The maximum Gasteiger partial charge on any atom is -0.0259 e. The Morgan fingerprint density at radius 2 is 1.18 bits per heavy atom. The van der Waals surface area contributed by atoms with Crippen LogP contribution in [0.2, 0.25) is 0 Å². The van der Waals surface area contributed by atoms with Crippen molar-refractivity contribution in [1.82, 2.24) is 0 Å². The van der Waals surface area contributed by atoms with Crippen molar-refractivity contribution in [2.45, 2.75) is 48.0 Å². The third-order valence-electron chi connectivity index (χ3n) is 7.06. The van der Waals surface area contributed by atoms with Crippen LogP contribution in [-0.2, 0) is 24.2 Å². The van der Waals surface area contributed by atoms with Crippen LogP contribution in [0.1, 0.15) is 48.0 Å². The molecule has 0 heterocycles. The van der Waals surface area contributed by atoms with Gasteiger partial charge < -0.3 is 0 Å². The molecule has 0 N–H and O–H groups in total. The number of fused-ring (bicyclic) bond motifs is 3. The normalized spacial score (nSPS) is 14.3. The van der Waals surface area contributed by atoms with Crippen molar-refractivity contribution in [2.24, 2.45) is 11.3 Å². The summed E-state index contributed by atoms with van der Waals surface area (Å²) in [5.41, 5.74) is 6.80. The van der Waals surface area contributed by atoms with Gasteiger partial charge in [0.25, 0.3) is 0 Å². The van der Waals surface area contributed by atoms with Crippen LogP contribution < -0.4 is 0 Å². The molecule has 0 fully saturated rings. The summed E-state index contributed by atoms with van der Waals surface area (Å²) >= 11 is 1.55. The maximum absolute atomic E-state index is 3.35. The molecule has 0 aromatic heterocycles. The summed E-state index contributed by atoms with van der Waals surface area (Å²) < 4.78 is 1.51. The molecule has 0 radical (unpaired) electrons. The number of hydrogen-bond acceptors (Lipinski definition) is 0. The molecule has 5 aromatic carbocycles. The third kappa shape index (κ3) is 7.80. The zero-order chi connectivity index (χ0) is 28.7. The fraction of sp³-hybridized carbons (Fsp3) is 0.231. The minimum Gasteiger partial charge on any atom is -0.126 e. The van der Waals surface area contributed by atoms with Crippen molar-refractivity contribution >= 4 is 24.8 Å². The van der Waals surface area contributed by atoms with Crippen molar-refractivity contribution in [3.63, 3.8) is 0 Å². The van der Waals surface area contributed by atoms with Crippen LogP contribution in [0, 0.1) is 17.4 Å². The first-order valence-electron chi connectivity index (χ1n) is 14.2. The monoisotopic (exact) mass is 598 g/mol. The van der Waals surface area contributed by atoms with Crippen LogP contribution in [0.15, 0.2) is 121 Å². The first-order valence-corrected chi connectivity index (χ1v) is 15.5. The largest absolute Gasteiger partial charge is 0.126 e. The molecule has 1 atom stereocenters. The van der Waals surface area contributed by atoms with Crippen LogP contribution in [0.5, 0.6) is 0 Å². The smallest absolute Gasteiger partial charge is 0.0259 e. The molecule has 1 heteroatoms. The van der Waals surface area contributed by atoms with Gasteiger partial charge in [-0.2, -0.15) is 11.6 Å². The third-order valence-corrected chi connectivity index (χ3v) is 7.06. The molecule has 0 nitrogen and oxygen atoms in total. The minimum atomic E-state index is 0.302. The van der Waals surface area contributed by atoms with Gasteiger partial charge in [-0.25, -0.2) is 6.08 Å². The summed E-state index contributed by atoms with van der Waals surface area (Å²) in [6.07, 6.45) is 9.00. The molecule has 0 amide bonds. The number of hydrogen-bond donors (Lipinski definition) is 0. The van der Waals surface area contributed by atoms with Gasteiger partial charge in [0.1, 0.15) is 0 Å². The zero-order valence-electron chi connectivity index (χ0n) is 24.8. The second kappa shape index (κ2) is 13.6. The number of benzene rings is 4. The molecular formula is C39H40Zr. The quantitative estimate of drug-likeness (QED) is 0.181. The first-order chi connectivity index (χ1) is 19.2. The maximum atomic E-state index is 3.35. The van der Waals surface area contributed by atoms with E-state index in [1.54, 1.807) is 24.2 Å². The van der Waals surface area contributed by atoms with Crippen molar-refractivity contribution in [3.05, 3.63) is 127 Å². The topological polar surface area (TPSA) is 0 Å². The fourth-order valence-corrected chi connectivity index (χ4v) is 4.85. The van der Waals surface area contributed by atoms with Crippen molar-refractivity contribution in [2.75, 3.05) is 0 Å². The van der Waals surface area contributed by atoms with Gasteiger partial charge in [-0.3, -0.25) is 6.08 Å². The Morgan fingerprint density at radius 3 is 1.52 bits per heavy atom. The van der Waals surface area contributed by atoms with Gasteiger partial charge in [0.2, 0.25) is 0 Å². The van der Waals surface area contributed by atoms with E-state index in [1.165, 1.54) is 59.0 Å². The second-order valence-corrected chi connectivity index (χ2v) is 14.1. The van der Waals surface area contributed by atoms with E-state index in [1.807, 2.05) is 0 Å². The standard InChI is InChI=1S/C25H17.C11H17.C3H6.Zr/c1-3-7-18(8-4-1)20-11-13-24-22(15-20)17-23-16-21(12-14-25(23)24)19-9-5-2-6-10-19;1-5-9-6-7-10(8-9)11(2,3)4;1-3-2;/h1-17H;7-9H,5H2,1-4H3;1-2H3;/q2*-1;;+2. The van der Waals surface area contributed by atoms with Crippen LogP contribution in [0.3, 0.4) is 0 Å². The van der Waals surface area contributed by atoms with E-state index in [2.05, 4.69) is 163 Å². The molecule has 5 aromatic rings. The van der Waals surface area contributed by atoms with Gasteiger partial charge in [0.05, 0.1) is 0 Å². The summed E-state index contributed by atoms with van der Waals surface area (Å²) in [6.45, 7) is 13.2. The molecule has 0 aliphatic heterocycles. The van der Waals surface area contributed by atoms with Gasteiger partial charge >= 0.3 is 41.3 Å². The molecule has 0 saturated carbocycles. The predicted octanol–water partition coefficient (Wildman–Crippen LogP) is 11.1. The van der Waals surface area contributed by atoms with Gasteiger partial charge in [0, 0.05) is 0 Å². The summed E-state index contributed by atoms with van der Waals surface area (Å²) in [4.78, 5) is 0. The molecule has 200 valence electrons. The summed E-state index contributed by atoms with van der Waals surface area (Å²) in [5, 5.41) is 5.27. The summed E-state index contributed by atoms with van der Waals surface area (Å²) in [5.74, 6) is 0.573. The molecular weight excluding hydrogens is 560 g/mol. The van der Waals surface area contributed by atoms with E-state index in [9.17, 15) is 0 Å². The van der Waals surface area contributed by atoms with Gasteiger partial charge in [-0.05, 0) is 11.1 Å². The number of rotatable bonds is 3. The molecule has 6 rings (SSSR count). The van der Waals surface area contributed by atoms with E-state index < -0.39 is 0 Å². The molecule has 0 bridgehead atoms. The Kier molecular flexibility index (Phi) is 10.2. The molecule has 0 saturated heterocycles. The average molecular weight is 600 g/mol. The zero-order valence-corrected chi connectivity index (χ0v) is 27.2. The summed E-state index contributed by atoms with van der Waals surface area (Å²) in [7, 11) is 0. The Labute approximate surface area is 256 Å². The van der Waals surface area contributed by atoms with E-state index >= 15 is 0 Å². The van der Waals surface area contributed by atoms with Crippen molar-refractivity contribution in [1.29, 1.82) is 0 Å². The Hall–Kier alpha value is -3.02. The van der Waals surface area contributed by atoms with Gasteiger partial charge in [-0.15, -0.1) is 39.7 Å². The van der Waals surface area contributed by atoms with Crippen LogP contribution in [0.25, 0.3) is 43.8 Å². The Balaban J connectivity index is 0.000000206. The molecule has 1 aliphatic carbocycles. The fourth-order valence-electron chi connectivity index (χ4n) is 4.85. The van der Waals surface area contributed by atoms with Crippen LogP contribution in [0.4, 0.5) is 0 Å². The van der Waals surface area contributed by atoms with Crippen molar-refractivity contribution in [3.8, 4) is 22.3 Å². The van der Waals surface area contributed by atoms with Gasteiger partial charge in [-0.1, -0.05) is 142 Å². The first kappa shape index (κ1) is 30.0. The SMILES string of the molecule is CCC1[C-]=CC(C(C)(C)C)=C1.C[C](C)=[Zr+2].c1ccc(-c2ccc3c(c2)[cH-]c2cc(-c4ccccc4)ccc23)cc1. The van der Waals surface area contributed by atoms with E-state index in [0.29, 0.717) is 11.3 Å². The molecule has 1 unspecified atom stereocenters. The van der Waals surface area contributed by atoms with Gasteiger partial charge in [0.15, 0.2) is 0 Å². The van der Waals surface area contributed by atoms with Crippen LogP contribution >= 0.6 is 0 Å². The van der Waals surface area contributed by atoms with E-state index in [4.69, 9.17) is 0 Å². The molecule has 1 aliphatic rings. The second-order valence-electron chi connectivity index (χ2n) is 11.7. The molecule has 40 heavy (non-hydrogen) atoms. The summed E-state index contributed by atoms with van der Waals surface area (Å²) in [6, 6.07) is 37.0. The number of allylic oxidation sites excluding steroid dienone is 4. The van der Waals surface area contributed by atoms with E-state index in [0.717, 1.165) is 0 Å². The predicted molar refractivity (Wildman–Crippen MR) is 173 cm³/mol. The van der Waals surface area contributed by atoms with E-state index in [-0.39, 0.29) is 0 Å². The van der Waals surface area contributed by atoms with Crippen LogP contribution in [-0.4, -0.2) is 3.21 Å².